The number of nitrogens with zero attached hydrogens (tertiary/aromatic N) is 3. The van der Waals surface area contributed by atoms with E-state index < -0.39 is 9.84 Å². The monoisotopic (exact) mass is 387 g/mol. The highest BCUT2D eigenvalue weighted by Crippen LogP contribution is 2.37. The number of anilines is 2. The summed E-state index contributed by atoms with van der Waals surface area (Å²) < 4.78 is 23.8. The molecule has 0 fully saturated rings. The average molecular weight is 388 g/mol. The molecule has 2 N–H and O–H groups in total. The zero-order valence-corrected chi connectivity index (χ0v) is 15.5. The SMILES string of the molecule is Cc1[nH]nc2c1N=C(c1ccccc1Cl)c1cnc(S(C)(=O)=O)cc1N2. The lowest BCUT2D eigenvalue weighted by molar-refractivity contribution is 0.598. The molecular formula is C17H14ClN5O2S. The summed E-state index contributed by atoms with van der Waals surface area (Å²) in [4.78, 5) is 8.85. The number of sulfone groups is 1. The van der Waals surface area contributed by atoms with Crippen molar-refractivity contribution in [3.05, 3.63) is 58.4 Å². The van der Waals surface area contributed by atoms with Crippen molar-refractivity contribution in [3.63, 3.8) is 0 Å². The third-order valence-corrected chi connectivity index (χ3v) is 5.35. The van der Waals surface area contributed by atoms with Crippen molar-refractivity contribution in [1.82, 2.24) is 15.2 Å². The number of halogens is 1. The third kappa shape index (κ3) is 2.77. The second-order valence-electron chi connectivity index (χ2n) is 5.95. The van der Waals surface area contributed by atoms with Crippen LogP contribution in [0.4, 0.5) is 17.2 Å². The number of aromatic amines is 1. The zero-order chi connectivity index (χ0) is 18.5. The molecule has 9 heteroatoms. The van der Waals surface area contributed by atoms with Crippen molar-refractivity contribution in [2.75, 3.05) is 11.6 Å². The fraction of sp³-hybridized carbons (Fsp3) is 0.118. The molecule has 26 heavy (non-hydrogen) atoms. The van der Waals surface area contributed by atoms with Crippen molar-refractivity contribution >= 4 is 44.3 Å². The minimum absolute atomic E-state index is 0.0297. The number of hydrogen-bond acceptors (Lipinski definition) is 6. The van der Waals surface area contributed by atoms with Gasteiger partial charge >= 0.3 is 0 Å². The lowest BCUT2D eigenvalue weighted by Crippen LogP contribution is -2.09. The Hall–Kier alpha value is -2.71. The number of aryl methyl sites for hydroxylation is 1. The van der Waals surface area contributed by atoms with Crippen molar-refractivity contribution in [1.29, 1.82) is 0 Å². The maximum Gasteiger partial charge on any atom is 0.192 e. The van der Waals surface area contributed by atoms with Crippen LogP contribution in [-0.4, -0.2) is 35.6 Å². The van der Waals surface area contributed by atoms with Gasteiger partial charge in [0.15, 0.2) is 20.7 Å². The molecule has 0 amide bonds. The van der Waals surface area contributed by atoms with E-state index in [1.54, 1.807) is 6.07 Å². The summed E-state index contributed by atoms with van der Waals surface area (Å²) in [6, 6.07) is 8.82. The summed E-state index contributed by atoms with van der Waals surface area (Å²) in [6.45, 7) is 1.86. The molecule has 0 bridgehead atoms. The van der Waals surface area contributed by atoms with Gasteiger partial charge in [-0.05, 0) is 19.1 Å². The number of rotatable bonds is 2. The van der Waals surface area contributed by atoms with E-state index >= 15 is 0 Å². The van der Waals surface area contributed by atoms with Gasteiger partial charge < -0.3 is 5.32 Å². The molecule has 4 rings (SSSR count). The number of fused-ring (bicyclic) bond motifs is 2. The standard InChI is InChI=1S/C17H14ClN5O2S/c1-9-15-17(23-22-9)20-13-7-14(26(2,24)25)19-8-11(13)16(21-15)10-5-3-4-6-12(10)18/h3-8H,1-2H3,(H2,20,22,23). The number of hydrogen-bond donors (Lipinski definition) is 2. The van der Waals surface area contributed by atoms with Gasteiger partial charge in [-0.3, -0.25) is 5.10 Å². The zero-order valence-electron chi connectivity index (χ0n) is 13.9. The Balaban J connectivity index is 2.03. The van der Waals surface area contributed by atoms with Crippen LogP contribution in [0.2, 0.25) is 5.02 Å². The summed E-state index contributed by atoms with van der Waals surface area (Å²) in [5.74, 6) is 0.511. The summed E-state index contributed by atoms with van der Waals surface area (Å²) in [5.41, 5.74) is 3.92. The molecule has 0 saturated heterocycles. The van der Waals surface area contributed by atoms with Gasteiger partial charge in [-0.1, -0.05) is 29.8 Å². The first kappa shape index (κ1) is 16.7. The van der Waals surface area contributed by atoms with E-state index in [0.717, 1.165) is 17.5 Å². The lowest BCUT2D eigenvalue weighted by atomic mass is 10.0. The lowest BCUT2D eigenvalue weighted by Gasteiger charge is -2.12. The Morgan fingerprint density at radius 2 is 1.92 bits per heavy atom. The van der Waals surface area contributed by atoms with Crippen LogP contribution in [-0.2, 0) is 9.84 Å². The van der Waals surface area contributed by atoms with E-state index in [-0.39, 0.29) is 5.03 Å². The first-order valence-corrected chi connectivity index (χ1v) is 9.97. The number of nitrogens with one attached hydrogen (secondary N) is 2. The highest BCUT2D eigenvalue weighted by molar-refractivity contribution is 7.90. The average Bonchev–Trinajstić information content (AvgIpc) is 2.84. The molecule has 3 aromatic rings. The molecule has 0 unspecified atom stereocenters. The van der Waals surface area contributed by atoms with E-state index in [2.05, 4.69) is 20.5 Å². The van der Waals surface area contributed by atoms with Crippen LogP contribution in [0.15, 0.2) is 46.5 Å². The molecule has 0 radical (unpaired) electrons. The van der Waals surface area contributed by atoms with Gasteiger partial charge in [0.25, 0.3) is 0 Å². The number of benzene rings is 1. The summed E-state index contributed by atoms with van der Waals surface area (Å²) in [5, 5.41) is 10.8. The fourth-order valence-corrected chi connectivity index (χ4v) is 3.54. The van der Waals surface area contributed by atoms with Gasteiger partial charge in [0.05, 0.1) is 17.1 Å². The number of aromatic nitrogens is 3. The van der Waals surface area contributed by atoms with Crippen LogP contribution in [0.1, 0.15) is 16.8 Å². The molecule has 2 aromatic heterocycles. The van der Waals surface area contributed by atoms with Gasteiger partial charge in [0.1, 0.15) is 5.69 Å². The normalized spacial score (nSPS) is 13.3. The van der Waals surface area contributed by atoms with E-state index in [1.807, 2.05) is 25.1 Å². The first-order valence-electron chi connectivity index (χ1n) is 7.70. The van der Waals surface area contributed by atoms with Crippen LogP contribution < -0.4 is 5.32 Å². The van der Waals surface area contributed by atoms with Crippen LogP contribution in [0, 0.1) is 6.92 Å². The van der Waals surface area contributed by atoms with Gasteiger partial charge in [-0.25, -0.2) is 18.4 Å². The molecule has 1 aliphatic heterocycles. The number of H-pyrrole nitrogens is 1. The Bertz CT molecular complexity index is 1170. The van der Waals surface area contributed by atoms with Crippen LogP contribution >= 0.6 is 11.6 Å². The smallest absolute Gasteiger partial charge is 0.192 e. The molecule has 3 heterocycles. The summed E-state index contributed by atoms with van der Waals surface area (Å²) in [7, 11) is -3.46. The maximum absolute atomic E-state index is 11.9. The molecule has 0 spiro atoms. The van der Waals surface area contributed by atoms with E-state index in [0.29, 0.717) is 33.5 Å². The van der Waals surface area contributed by atoms with Gasteiger partial charge in [0.2, 0.25) is 0 Å². The van der Waals surface area contributed by atoms with Crippen molar-refractivity contribution in [2.24, 2.45) is 4.99 Å². The number of aliphatic imine (C=N–C) groups is 1. The largest absolute Gasteiger partial charge is 0.336 e. The molecule has 0 saturated carbocycles. The summed E-state index contributed by atoms with van der Waals surface area (Å²) in [6.07, 6.45) is 2.61. The molecule has 7 nitrogen and oxygen atoms in total. The quantitative estimate of drug-likeness (QED) is 0.549. The molecule has 1 aromatic carbocycles. The van der Waals surface area contributed by atoms with E-state index in [9.17, 15) is 8.42 Å². The molecular weight excluding hydrogens is 374 g/mol. The van der Waals surface area contributed by atoms with Gasteiger partial charge in [0, 0.05) is 28.6 Å². The molecule has 132 valence electrons. The topological polar surface area (TPSA) is 100 Å². The molecule has 1 aliphatic rings. The van der Waals surface area contributed by atoms with Crippen molar-refractivity contribution in [2.45, 2.75) is 11.9 Å². The van der Waals surface area contributed by atoms with Crippen LogP contribution in [0.3, 0.4) is 0 Å². The Labute approximate surface area is 155 Å². The Morgan fingerprint density at radius 1 is 1.15 bits per heavy atom. The number of pyridine rings is 1. The maximum atomic E-state index is 11.9. The highest BCUT2D eigenvalue weighted by atomic mass is 35.5. The minimum atomic E-state index is -3.46. The van der Waals surface area contributed by atoms with Crippen LogP contribution in [0.5, 0.6) is 0 Å². The summed E-state index contributed by atoms with van der Waals surface area (Å²) >= 11 is 6.38. The van der Waals surface area contributed by atoms with Crippen molar-refractivity contribution < 1.29 is 8.42 Å². The second-order valence-corrected chi connectivity index (χ2v) is 8.32. The second kappa shape index (κ2) is 5.93. The van der Waals surface area contributed by atoms with E-state index in [4.69, 9.17) is 16.6 Å². The molecule has 0 atom stereocenters. The van der Waals surface area contributed by atoms with Gasteiger partial charge in [-0.2, -0.15) is 5.10 Å². The first-order chi connectivity index (χ1) is 12.3. The fourth-order valence-electron chi connectivity index (χ4n) is 2.74. The Kier molecular flexibility index (Phi) is 3.82. The van der Waals surface area contributed by atoms with Crippen LogP contribution in [0.25, 0.3) is 0 Å². The predicted octanol–water partition coefficient (Wildman–Crippen LogP) is 3.40. The van der Waals surface area contributed by atoms with Gasteiger partial charge in [-0.15, -0.1) is 0 Å². The van der Waals surface area contributed by atoms with E-state index in [1.165, 1.54) is 12.3 Å². The third-order valence-electron chi connectivity index (χ3n) is 4.03. The van der Waals surface area contributed by atoms with Crippen molar-refractivity contribution in [3.8, 4) is 0 Å². The Morgan fingerprint density at radius 3 is 2.65 bits per heavy atom. The minimum Gasteiger partial charge on any atom is -0.336 e. The highest BCUT2D eigenvalue weighted by Gasteiger charge is 2.24. The predicted molar refractivity (Wildman–Crippen MR) is 101 cm³/mol. The molecule has 0 aliphatic carbocycles.